The number of aliphatic hydroxyl groups is 1. The molecule has 1 heterocycles. The van der Waals surface area contributed by atoms with Crippen molar-refractivity contribution in [2.24, 2.45) is 5.92 Å². The van der Waals surface area contributed by atoms with Crippen LogP contribution in [-0.2, 0) is 4.74 Å². The van der Waals surface area contributed by atoms with E-state index in [1.165, 1.54) is 0 Å². The van der Waals surface area contributed by atoms with Crippen LogP contribution in [-0.4, -0.2) is 16.7 Å². The van der Waals surface area contributed by atoms with Crippen molar-refractivity contribution < 1.29 is 9.84 Å². The monoisotopic (exact) mass is 243 g/mol. The van der Waals surface area contributed by atoms with E-state index in [1.54, 1.807) is 18.3 Å². The average molecular weight is 243 g/mol. The van der Waals surface area contributed by atoms with Crippen molar-refractivity contribution in [1.29, 1.82) is 0 Å². The average Bonchev–Trinajstić information content (AvgIpc) is 2.56. The summed E-state index contributed by atoms with van der Waals surface area (Å²) in [6.07, 6.45) is -0.401. The molecule has 4 heteroatoms. The molecule has 0 spiro atoms. The van der Waals surface area contributed by atoms with Crippen molar-refractivity contribution in [1.82, 2.24) is 4.98 Å². The Morgan fingerprint density at radius 1 is 1.38 bits per heavy atom. The van der Waals surface area contributed by atoms with E-state index in [0.717, 1.165) is 15.6 Å². The van der Waals surface area contributed by atoms with Crippen molar-refractivity contribution in [3.05, 3.63) is 15.6 Å². The number of nitrogens with zero attached hydrogens (tertiary/aromatic N) is 1. The molecule has 92 valence electrons. The molecular formula is C12H21NO2S. The lowest BCUT2D eigenvalue weighted by atomic mass is 10.1. The summed E-state index contributed by atoms with van der Waals surface area (Å²) in [5, 5.41) is 10.6. The van der Waals surface area contributed by atoms with Crippen LogP contribution in [0.15, 0.2) is 0 Å². The lowest BCUT2D eigenvalue weighted by Crippen LogP contribution is -2.10. The molecular weight excluding hydrogens is 222 g/mol. The zero-order valence-corrected chi connectivity index (χ0v) is 11.5. The Balaban J connectivity index is 2.97. The van der Waals surface area contributed by atoms with Crippen LogP contribution in [0, 0.1) is 12.8 Å². The van der Waals surface area contributed by atoms with Gasteiger partial charge in [-0.25, -0.2) is 4.98 Å². The summed E-state index contributed by atoms with van der Waals surface area (Å²) in [5.41, 5.74) is 0.917. The maximum Gasteiger partial charge on any atom is 0.122 e. The van der Waals surface area contributed by atoms with E-state index < -0.39 is 6.10 Å². The first-order valence-electron chi connectivity index (χ1n) is 5.74. The SMILES string of the molecule is CCOC(c1nc(C)c(C(C)O)s1)C(C)C. The number of aromatic nitrogens is 1. The summed E-state index contributed by atoms with van der Waals surface area (Å²) in [4.78, 5) is 5.45. The standard InChI is InChI=1S/C12H21NO2S/c1-6-15-10(7(2)3)12-13-8(4)11(16-12)9(5)14/h7,9-10,14H,6H2,1-5H3. The van der Waals surface area contributed by atoms with Gasteiger partial charge in [-0.15, -0.1) is 11.3 Å². The van der Waals surface area contributed by atoms with E-state index >= 15 is 0 Å². The van der Waals surface area contributed by atoms with Crippen LogP contribution in [0.5, 0.6) is 0 Å². The minimum absolute atomic E-state index is 0.0428. The van der Waals surface area contributed by atoms with Gasteiger partial charge < -0.3 is 9.84 Å². The van der Waals surface area contributed by atoms with E-state index in [0.29, 0.717) is 12.5 Å². The molecule has 0 amide bonds. The highest BCUT2D eigenvalue weighted by atomic mass is 32.1. The number of hydrogen-bond donors (Lipinski definition) is 1. The van der Waals surface area contributed by atoms with Gasteiger partial charge in [-0.3, -0.25) is 0 Å². The minimum Gasteiger partial charge on any atom is -0.388 e. The van der Waals surface area contributed by atoms with Gasteiger partial charge in [0.05, 0.1) is 16.7 Å². The van der Waals surface area contributed by atoms with E-state index in [4.69, 9.17) is 4.74 Å². The molecule has 1 aromatic heterocycles. The normalized spacial score (nSPS) is 15.4. The predicted molar refractivity (Wildman–Crippen MR) is 66.7 cm³/mol. The summed E-state index contributed by atoms with van der Waals surface area (Å²) in [6.45, 7) is 10.6. The molecule has 0 aliphatic heterocycles. The number of ether oxygens (including phenoxy) is 1. The molecule has 0 aromatic carbocycles. The smallest absolute Gasteiger partial charge is 0.122 e. The second-order valence-electron chi connectivity index (χ2n) is 4.30. The quantitative estimate of drug-likeness (QED) is 0.863. The number of hydrogen-bond acceptors (Lipinski definition) is 4. The maximum absolute atomic E-state index is 9.60. The van der Waals surface area contributed by atoms with Crippen LogP contribution in [0.25, 0.3) is 0 Å². The van der Waals surface area contributed by atoms with Gasteiger partial charge in [0.25, 0.3) is 0 Å². The number of aliphatic hydroxyl groups excluding tert-OH is 1. The second kappa shape index (κ2) is 5.75. The molecule has 16 heavy (non-hydrogen) atoms. The van der Waals surface area contributed by atoms with Gasteiger partial charge in [0.15, 0.2) is 0 Å². The van der Waals surface area contributed by atoms with E-state index in [9.17, 15) is 5.11 Å². The Hall–Kier alpha value is -0.450. The molecule has 0 saturated heterocycles. The summed E-state index contributed by atoms with van der Waals surface area (Å²) in [5.74, 6) is 0.396. The highest BCUT2D eigenvalue weighted by Crippen LogP contribution is 2.33. The zero-order valence-electron chi connectivity index (χ0n) is 10.7. The Bertz CT molecular complexity index is 334. The molecule has 2 unspecified atom stereocenters. The molecule has 3 nitrogen and oxygen atoms in total. The van der Waals surface area contributed by atoms with Crippen molar-refractivity contribution >= 4 is 11.3 Å². The van der Waals surface area contributed by atoms with Gasteiger partial charge in [-0.1, -0.05) is 13.8 Å². The van der Waals surface area contributed by atoms with Gasteiger partial charge >= 0.3 is 0 Å². The highest BCUT2D eigenvalue weighted by molar-refractivity contribution is 7.11. The molecule has 0 radical (unpaired) electrons. The molecule has 1 N–H and O–H groups in total. The van der Waals surface area contributed by atoms with Crippen molar-refractivity contribution in [3.63, 3.8) is 0 Å². The third-order valence-corrected chi connectivity index (χ3v) is 3.81. The fourth-order valence-electron chi connectivity index (χ4n) is 1.67. The molecule has 1 rings (SSSR count). The molecule has 0 aliphatic carbocycles. The van der Waals surface area contributed by atoms with Crippen LogP contribution >= 0.6 is 11.3 Å². The van der Waals surface area contributed by atoms with Crippen molar-refractivity contribution in [3.8, 4) is 0 Å². The number of rotatable bonds is 5. The topological polar surface area (TPSA) is 42.4 Å². The highest BCUT2D eigenvalue weighted by Gasteiger charge is 2.22. The first kappa shape index (κ1) is 13.6. The number of aryl methyl sites for hydroxylation is 1. The fourth-order valence-corrected chi connectivity index (χ4v) is 2.90. The van der Waals surface area contributed by atoms with Gasteiger partial charge in [-0.05, 0) is 26.7 Å². The molecule has 0 bridgehead atoms. The lowest BCUT2D eigenvalue weighted by Gasteiger charge is -2.18. The van der Waals surface area contributed by atoms with Crippen LogP contribution in [0.2, 0.25) is 0 Å². The molecule has 0 aliphatic rings. The molecule has 1 aromatic rings. The van der Waals surface area contributed by atoms with E-state index in [2.05, 4.69) is 18.8 Å². The molecule has 2 atom stereocenters. The lowest BCUT2D eigenvalue weighted by molar-refractivity contribution is 0.0292. The Kier molecular flexibility index (Phi) is 4.89. The largest absolute Gasteiger partial charge is 0.388 e. The minimum atomic E-state index is -0.444. The summed E-state index contributed by atoms with van der Waals surface area (Å²) >= 11 is 1.56. The molecule has 0 fully saturated rings. The third-order valence-electron chi connectivity index (χ3n) is 2.42. The first-order chi connectivity index (χ1) is 7.47. The van der Waals surface area contributed by atoms with Crippen LogP contribution in [0.3, 0.4) is 0 Å². The van der Waals surface area contributed by atoms with Gasteiger partial charge in [0, 0.05) is 6.61 Å². The first-order valence-corrected chi connectivity index (χ1v) is 6.55. The van der Waals surface area contributed by atoms with Crippen molar-refractivity contribution in [2.45, 2.75) is 46.8 Å². The molecule has 0 saturated carbocycles. The van der Waals surface area contributed by atoms with Crippen LogP contribution in [0.1, 0.15) is 55.5 Å². The van der Waals surface area contributed by atoms with Gasteiger partial charge in [0.1, 0.15) is 11.1 Å². The van der Waals surface area contributed by atoms with E-state index in [-0.39, 0.29) is 6.10 Å². The Morgan fingerprint density at radius 3 is 2.38 bits per heavy atom. The summed E-state index contributed by atoms with van der Waals surface area (Å²) < 4.78 is 5.70. The maximum atomic E-state index is 9.60. The number of thiazole rings is 1. The van der Waals surface area contributed by atoms with Gasteiger partial charge in [-0.2, -0.15) is 0 Å². The summed E-state index contributed by atoms with van der Waals surface area (Å²) in [7, 11) is 0. The third kappa shape index (κ3) is 3.03. The Morgan fingerprint density at radius 2 is 2.00 bits per heavy atom. The predicted octanol–water partition coefficient (Wildman–Crippen LogP) is 3.24. The fraction of sp³-hybridized carbons (Fsp3) is 0.750. The van der Waals surface area contributed by atoms with Gasteiger partial charge in [0.2, 0.25) is 0 Å². The second-order valence-corrected chi connectivity index (χ2v) is 5.36. The summed E-state index contributed by atoms with van der Waals surface area (Å²) in [6, 6.07) is 0. The van der Waals surface area contributed by atoms with Crippen molar-refractivity contribution in [2.75, 3.05) is 6.61 Å². The van der Waals surface area contributed by atoms with E-state index in [1.807, 2.05) is 13.8 Å². The zero-order chi connectivity index (χ0) is 12.3. The van der Waals surface area contributed by atoms with Crippen LogP contribution in [0.4, 0.5) is 0 Å². The Labute approximate surface area is 101 Å². The van der Waals surface area contributed by atoms with Crippen LogP contribution < -0.4 is 0 Å².